The number of para-hydroxylation sites is 1. The van der Waals surface area contributed by atoms with E-state index in [1.54, 1.807) is 13.0 Å². The van der Waals surface area contributed by atoms with Gasteiger partial charge in [0.25, 0.3) is 5.69 Å². The maximum Gasteiger partial charge on any atom is 0.295 e. The standard InChI is InChI=1S/C14H19N3O2/c1-9-3-2-4-13(14(9)17(18)19)16-11-5-6-12(16)8-10(15)7-11/h2-4,10-12H,5-8,15H2,1H3. The van der Waals surface area contributed by atoms with E-state index in [2.05, 4.69) is 4.90 Å². The maximum absolute atomic E-state index is 11.3. The van der Waals surface area contributed by atoms with E-state index in [1.165, 1.54) is 0 Å². The lowest BCUT2D eigenvalue weighted by Gasteiger charge is -2.39. The van der Waals surface area contributed by atoms with Crippen molar-refractivity contribution in [3.05, 3.63) is 33.9 Å². The molecule has 102 valence electrons. The Morgan fingerprint density at radius 1 is 1.32 bits per heavy atom. The van der Waals surface area contributed by atoms with Crippen LogP contribution in [0.15, 0.2) is 18.2 Å². The molecule has 0 saturated carbocycles. The van der Waals surface area contributed by atoms with Crippen molar-refractivity contribution in [2.45, 2.75) is 50.7 Å². The predicted octanol–water partition coefficient (Wildman–Crippen LogP) is 2.36. The highest BCUT2D eigenvalue weighted by molar-refractivity contribution is 5.68. The van der Waals surface area contributed by atoms with Gasteiger partial charge >= 0.3 is 0 Å². The van der Waals surface area contributed by atoms with Crippen molar-refractivity contribution in [1.29, 1.82) is 0 Å². The van der Waals surface area contributed by atoms with Crippen LogP contribution >= 0.6 is 0 Å². The van der Waals surface area contributed by atoms with Crippen LogP contribution in [0.4, 0.5) is 11.4 Å². The minimum Gasteiger partial charge on any atom is -0.360 e. The quantitative estimate of drug-likeness (QED) is 0.655. The summed E-state index contributed by atoms with van der Waals surface area (Å²) >= 11 is 0. The lowest BCUT2D eigenvalue weighted by atomic mass is 9.96. The van der Waals surface area contributed by atoms with Gasteiger partial charge in [0.05, 0.1) is 4.92 Å². The predicted molar refractivity (Wildman–Crippen MR) is 74.3 cm³/mol. The summed E-state index contributed by atoms with van der Waals surface area (Å²) in [4.78, 5) is 13.3. The molecule has 2 fully saturated rings. The summed E-state index contributed by atoms with van der Waals surface area (Å²) in [6, 6.07) is 6.58. The van der Waals surface area contributed by atoms with Gasteiger partial charge in [0.1, 0.15) is 5.69 Å². The molecule has 2 saturated heterocycles. The van der Waals surface area contributed by atoms with E-state index in [9.17, 15) is 10.1 Å². The smallest absolute Gasteiger partial charge is 0.295 e. The fourth-order valence-electron chi connectivity index (χ4n) is 3.70. The monoisotopic (exact) mass is 261 g/mol. The number of hydrogen-bond donors (Lipinski definition) is 1. The molecular weight excluding hydrogens is 242 g/mol. The van der Waals surface area contributed by atoms with Gasteiger partial charge in [0, 0.05) is 23.7 Å². The molecule has 2 atom stereocenters. The van der Waals surface area contributed by atoms with Crippen LogP contribution in [0, 0.1) is 17.0 Å². The van der Waals surface area contributed by atoms with E-state index >= 15 is 0 Å². The number of piperidine rings is 1. The molecule has 0 radical (unpaired) electrons. The second-order valence-electron chi connectivity index (χ2n) is 5.72. The highest BCUT2D eigenvalue weighted by Gasteiger charge is 2.42. The number of nitrogens with zero attached hydrogens (tertiary/aromatic N) is 2. The molecule has 5 heteroatoms. The third-order valence-electron chi connectivity index (χ3n) is 4.45. The van der Waals surface area contributed by atoms with Crippen molar-refractivity contribution in [3.63, 3.8) is 0 Å². The summed E-state index contributed by atoms with van der Waals surface area (Å²) in [5.74, 6) is 0. The molecule has 2 aliphatic heterocycles. The molecule has 5 nitrogen and oxygen atoms in total. The molecular formula is C14H19N3O2. The highest BCUT2D eigenvalue weighted by atomic mass is 16.6. The van der Waals surface area contributed by atoms with Crippen molar-refractivity contribution in [3.8, 4) is 0 Å². The number of rotatable bonds is 2. The van der Waals surface area contributed by atoms with Crippen LogP contribution in [-0.4, -0.2) is 23.0 Å². The van der Waals surface area contributed by atoms with Gasteiger partial charge in [-0.15, -0.1) is 0 Å². The summed E-state index contributed by atoms with van der Waals surface area (Å²) < 4.78 is 0. The van der Waals surface area contributed by atoms with E-state index in [0.29, 0.717) is 12.1 Å². The Hall–Kier alpha value is -1.62. The highest BCUT2D eigenvalue weighted by Crippen LogP contribution is 2.43. The van der Waals surface area contributed by atoms with Gasteiger partial charge < -0.3 is 10.6 Å². The number of fused-ring (bicyclic) bond motifs is 2. The molecule has 2 N–H and O–H groups in total. The van der Waals surface area contributed by atoms with E-state index in [0.717, 1.165) is 36.9 Å². The maximum atomic E-state index is 11.3. The summed E-state index contributed by atoms with van der Waals surface area (Å²) in [5.41, 5.74) is 7.84. The number of anilines is 1. The molecule has 2 aliphatic rings. The van der Waals surface area contributed by atoms with Crippen LogP contribution in [0.2, 0.25) is 0 Å². The van der Waals surface area contributed by atoms with Gasteiger partial charge in [-0.3, -0.25) is 10.1 Å². The third kappa shape index (κ3) is 1.98. The van der Waals surface area contributed by atoms with Gasteiger partial charge in [-0.05, 0) is 38.7 Å². The minimum absolute atomic E-state index is 0.248. The Morgan fingerprint density at radius 3 is 2.53 bits per heavy atom. The number of benzene rings is 1. The third-order valence-corrected chi connectivity index (χ3v) is 4.45. The van der Waals surface area contributed by atoms with Gasteiger partial charge in [-0.25, -0.2) is 0 Å². The molecule has 19 heavy (non-hydrogen) atoms. The van der Waals surface area contributed by atoms with E-state index in [4.69, 9.17) is 5.73 Å². The first-order valence-electron chi connectivity index (χ1n) is 6.86. The fraction of sp³-hybridized carbons (Fsp3) is 0.571. The SMILES string of the molecule is Cc1cccc(N2C3CCC2CC(N)C3)c1[N+](=O)[O-]. The van der Waals surface area contributed by atoms with Crippen LogP contribution in [0.25, 0.3) is 0 Å². The van der Waals surface area contributed by atoms with E-state index in [-0.39, 0.29) is 16.7 Å². The van der Waals surface area contributed by atoms with Crippen LogP contribution in [0.5, 0.6) is 0 Å². The molecule has 2 unspecified atom stereocenters. The summed E-state index contributed by atoms with van der Waals surface area (Å²) in [6.45, 7) is 1.80. The Kier molecular flexibility index (Phi) is 2.93. The second kappa shape index (κ2) is 4.49. The molecule has 0 aliphatic carbocycles. The first-order chi connectivity index (χ1) is 9.08. The normalized spacial score (nSPS) is 29.6. The van der Waals surface area contributed by atoms with Crippen LogP contribution in [-0.2, 0) is 0 Å². The van der Waals surface area contributed by atoms with Crippen molar-refractivity contribution < 1.29 is 4.92 Å². The molecule has 0 aromatic heterocycles. The average Bonchev–Trinajstić information content (AvgIpc) is 2.60. The Balaban J connectivity index is 2.04. The average molecular weight is 261 g/mol. The first-order valence-corrected chi connectivity index (χ1v) is 6.86. The largest absolute Gasteiger partial charge is 0.360 e. The Bertz CT molecular complexity index is 503. The van der Waals surface area contributed by atoms with Gasteiger partial charge in [0.15, 0.2) is 0 Å². The van der Waals surface area contributed by atoms with Crippen molar-refractivity contribution in [2.75, 3.05) is 4.90 Å². The first kappa shape index (κ1) is 12.4. The van der Waals surface area contributed by atoms with Crippen LogP contribution in [0.3, 0.4) is 0 Å². The van der Waals surface area contributed by atoms with E-state index in [1.807, 2.05) is 12.1 Å². The van der Waals surface area contributed by atoms with Gasteiger partial charge in [-0.2, -0.15) is 0 Å². The van der Waals surface area contributed by atoms with Crippen molar-refractivity contribution >= 4 is 11.4 Å². The lowest BCUT2D eigenvalue weighted by molar-refractivity contribution is -0.384. The number of nitro benzene ring substituents is 1. The molecule has 2 bridgehead atoms. The topological polar surface area (TPSA) is 72.4 Å². The zero-order valence-electron chi connectivity index (χ0n) is 11.1. The van der Waals surface area contributed by atoms with E-state index < -0.39 is 0 Å². The fourth-order valence-corrected chi connectivity index (χ4v) is 3.70. The molecule has 1 aromatic rings. The molecule has 3 rings (SSSR count). The van der Waals surface area contributed by atoms with Crippen molar-refractivity contribution in [1.82, 2.24) is 0 Å². The Labute approximate surface area is 112 Å². The molecule has 0 spiro atoms. The van der Waals surface area contributed by atoms with Crippen LogP contribution in [0.1, 0.15) is 31.2 Å². The summed E-state index contributed by atoms with van der Waals surface area (Å²) in [6.07, 6.45) is 4.09. The minimum atomic E-state index is -0.251. The Morgan fingerprint density at radius 2 is 1.95 bits per heavy atom. The van der Waals surface area contributed by atoms with Crippen LogP contribution < -0.4 is 10.6 Å². The zero-order chi connectivity index (χ0) is 13.6. The molecule has 2 heterocycles. The number of aryl methyl sites for hydroxylation is 1. The lowest BCUT2D eigenvalue weighted by Crippen LogP contribution is -2.47. The van der Waals surface area contributed by atoms with Gasteiger partial charge in [-0.1, -0.05) is 12.1 Å². The number of hydrogen-bond acceptors (Lipinski definition) is 4. The molecule has 0 amide bonds. The number of nitro groups is 1. The number of nitrogens with two attached hydrogens (primary N) is 1. The summed E-state index contributed by atoms with van der Waals surface area (Å²) in [5, 5.41) is 11.3. The molecule has 1 aromatic carbocycles. The zero-order valence-corrected chi connectivity index (χ0v) is 11.1. The van der Waals surface area contributed by atoms with Gasteiger partial charge in [0.2, 0.25) is 0 Å². The van der Waals surface area contributed by atoms with Crippen molar-refractivity contribution in [2.24, 2.45) is 5.73 Å². The second-order valence-corrected chi connectivity index (χ2v) is 5.72. The summed E-state index contributed by atoms with van der Waals surface area (Å²) in [7, 11) is 0.